The second kappa shape index (κ2) is 3.45. The normalized spacial score (nSPS) is 10.4. The second-order valence-corrected chi connectivity index (χ2v) is 2.77. The zero-order valence-electron chi connectivity index (χ0n) is 7.67. The van der Waals surface area contributed by atoms with E-state index in [0.29, 0.717) is 11.3 Å². The van der Waals surface area contributed by atoms with Gasteiger partial charge in [0, 0.05) is 0 Å². The number of carbonyl (C=O) groups is 1. The van der Waals surface area contributed by atoms with Gasteiger partial charge in [0.05, 0.1) is 19.2 Å². The van der Waals surface area contributed by atoms with Crippen molar-refractivity contribution in [3.63, 3.8) is 0 Å². The van der Waals surface area contributed by atoms with Crippen LogP contribution in [-0.4, -0.2) is 28.4 Å². The van der Waals surface area contributed by atoms with Gasteiger partial charge in [-0.05, 0) is 12.1 Å². The molecule has 14 heavy (non-hydrogen) atoms. The molecule has 5 nitrogen and oxygen atoms in total. The summed E-state index contributed by atoms with van der Waals surface area (Å²) >= 11 is 0. The van der Waals surface area contributed by atoms with E-state index < -0.39 is 0 Å². The maximum atomic E-state index is 10.4. The molecular formula is C9H9N3O2. The number of benzene rings is 1. The van der Waals surface area contributed by atoms with Crippen molar-refractivity contribution in [1.29, 1.82) is 0 Å². The highest BCUT2D eigenvalue weighted by Gasteiger charge is 2.07. The molecule has 72 valence electrons. The first-order chi connectivity index (χ1) is 6.86. The zero-order valence-corrected chi connectivity index (χ0v) is 7.67. The average molecular weight is 191 g/mol. The van der Waals surface area contributed by atoms with Crippen molar-refractivity contribution in [2.75, 3.05) is 7.11 Å². The molecule has 0 aliphatic carbocycles. The number of aromatic nitrogens is 3. The molecule has 0 bridgehead atoms. The quantitative estimate of drug-likeness (QED) is 0.668. The van der Waals surface area contributed by atoms with E-state index in [1.165, 1.54) is 4.68 Å². The predicted molar refractivity (Wildman–Crippen MR) is 50.1 cm³/mol. The van der Waals surface area contributed by atoms with Crippen LogP contribution in [0.5, 0.6) is 5.75 Å². The van der Waals surface area contributed by atoms with Gasteiger partial charge in [-0.2, -0.15) is 0 Å². The van der Waals surface area contributed by atoms with Crippen LogP contribution in [-0.2, 0) is 11.3 Å². The maximum Gasteiger partial charge on any atom is 0.155 e. The van der Waals surface area contributed by atoms with E-state index in [2.05, 4.69) is 10.3 Å². The molecule has 1 heterocycles. The van der Waals surface area contributed by atoms with E-state index in [4.69, 9.17) is 4.74 Å². The number of rotatable bonds is 3. The third kappa shape index (κ3) is 1.22. The van der Waals surface area contributed by atoms with Crippen molar-refractivity contribution < 1.29 is 9.53 Å². The molecule has 0 atom stereocenters. The van der Waals surface area contributed by atoms with Crippen molar-refractivity contribution in [2.45, 2.75) is 6.54 Å². The molecule has 0 aliphatic heterocycles. The number of methoxy groups -OCH3 is 1. The summed E-state index contributed by atoms with van der Waals surface area (Å²) in [6.07, 6.45) is 0.785. The minimum Gasteiger partial charge on any atom is -0.494 e. The molecule has 2 aromatic rings. The number of hydrogen-bond donors (Lipinski definition) is 0. The van der Waals surface area contributed by atoms with Gasteiger partial charge in [0.25, 0.3) is 0 Å². The molecule has 5 heteroatoms. The lowest BCUT2D eigenvalue weighted by molar-refractivity contribution is -0.108. The van der Waals surface area contributed by atoms with Gasteiger partial charge in [-0.1, -0.05) is 11.3 Å². The lowest BCUT2D eigenvalue weighted by atomic mass is 10.3. The van der Waals surface area contributed by atoms with Crippen molar-refractivity contribution in [1.82, 2.24) is 15.0 Å². The highest BCUT2D eigenvalue weighted by atomic mass is 16.5. The monoisotopic (exact) mass is 191 g/mol. The molecule has 0 saturated heterocycles. The fourth-order valence-electron chi connectivity index (χ4n) is 1.34. The summed E-state index contributed by atoms with van der Waals surface area (Å²) in [5, 5.41) is 7.79. The molecule has 0 saturated carbocycles. The smallest absolute Gasteiger partial charge is 0.155 e. The molecule has 0 spiro atoms. The summed E-state index contributed by atoms with van der Waals surface area (Å²) in [7, 11) is 1.58. The van der Waals surface area contributed by atoms with E-state index in [1.807, 2.05) is 18.2 Å². The molecule has 0 aliphatic rings. The Morgan fingerprint density at radius 3 is 3.14 bits per heavy atom. The molecule has 0 N–H and O–H groups in total. The minimum absolute atomic E-state index is 0.212. The number of nitrogens with zero attached hydrogens (tertiary/aromatic N) is 3. The molecule has 0 fully saturated rings. The largest absolute Gasteiger partial charge is 0.494 e. The zero-order chi connectivity index (χ0) is 9.97. The van der Waals surface area contributed by atoms with Crippen LogP contribution < -0.4 is 4.74 Å². The first-order valence-corrected chi connectivity index (χ1v) is 4.16. The van der Waals surface area contributed by atoms with Gasteiger partial charge >= 0.3 is 0 Å². The average Bonchev–Trinajstić information content (AvgIpc) is 2.62. The Hall–Kier alpha value is -1.91. The molecule has 0 unspecified atom stereocenters. The molecule has 1 aromatic heterocycles. The standard InChI is InChI=1S/C9H9N3O2/c1-14-8-4-2-3-7-9(8)10-11-12(7)5-6-13/h2-4,6H,5H2,1H3. The SMILES string of the molecule is COc1cccc2c1nnn2CC=O. The Kier molecular flexibility index (Phi) is 2.14. The molecule has 1 aromatic carbocycles. The van der Waals surface area contributed by atoms with Crippen molar-refractivity contribution in [3.8, 4) is 5.75 Å². The summed E-state index contributed by atoms with van der Waals surface area (Å²) in [6, 6.07) is 5.50. The number of fused-ring (bicyclic) bond motifs is 1. The topological polar surface area (TPSA) is 57.0 Å². The van der Waals surface area contributed by atoms with Crippen LogP contribution in [0.25, 0.3) is 11.0 Å². The van der Waals surface area contributed by atoms with Crippen LogP contribution in [0.3, 0.4) is 0 Å². The fraction of sp³-hybridized carbons (Fsp3) is 0.222. The van der Waals surface area contributed by atoms with Crippen LogP contribution >= 0.6 is 0 Å². The lowest BCUT2D eigenvalue weighted by Gasteiger charge is -1.99. The van der Waals surface area contributed by atoms with E-state index in [9.17, 15) is 4.79 Å². The van der Waals surface area contributed by atoms with Crippen LogP contribution in [0.2, 0.25) is 0 Å². The molecule has 0 amide bonds. The van der Waals surface area contributed by atoms with Gasteiger partial charge in [0.2, 0.25) is 0 Å². The Morgan fingerprint density at radius 2 is 2.43 bits per heavy atom. The van der Waals surface area contributed by atoms with Crippen LogP contribution in [0, 0.1) is 0 Å². The summed E-state index contributed by atoms with van der Waals surface area (Å²) < 4.78 is 6.65. The third-order valence-electron chi connectivity index (χ3n) is 1.98. The van der Waals surface area contributed by atoms with E-state index in [-0.39, 0.29) is 6.54 Å². The Labute approximate surface area is 80.3 Å². The maximum absolute atomic E-state index is 10.4. The minimum atomic E-state index is 0.212. The van der Waals surface area contributed by atoms with Crippen LogP contribution in [0.4, 0.5) is 0 Å². The fourth-order valence-corrected chi connectivity index (χ4v) is 1.34. The van der Waals surface area contributed by atoms with Gasteiger partial charge in [0.15, 0.2) is 5.52 Å². The third-order valence-corrected chi connectivity index (χ3v) is 1.98. The van der Waals surface area contributed by atoms with Crippen molar-refractivity contribution in [3.05, 3.63) is 18.2 Å². The predicted octanol–water partition coefficient (Wildman–Crippen LogP) is 0.639. The van der Waals surface area contributed by atoms with Gasteiger partial charge < -0.3 is 9.53 Å². The van der Waals surface area contributed by atoms with Crippen molar-refractivity contribution in [2.24, 2.45) is 0 Å². The summed E-state index contributed by atoms with van der Waals surface area (Å²) in [5.74, 6) is 0.666. The summed E-state index contributed by atoms with van der Waals surface area (Å²) in [4.78, 5) is 10.4. The van der Waals surface area contributed by atoms with Crippen LogP contribution in [0.15, 0.2) is 18.2 Å². The summed E-state index contributed by atoms with van der Waals surface area (Å²) in [6.45, 7) is 0.212. The number of hydrogen-bond acceptors (Lipinski definition) is 4. The molecular weight excluding hydrogens is 182 g/mol. The molecule has 0 radical (unpaired) electrons. The number of carbonyl (C=O) groups excluding carboxylic acids is 1. The molecule has 2 rings (SSSR count). The van der Waals surface area contributed by atoms with Gasteiger partial charge in [-0.3, -0.25) is 0 Å². The Morgan fingerprint density at radius 1 is 1.57 bits per heavy atom. The van der Waals surface area contributed by atoms with E-state index in [0.717, 1.165) is 11.8 Å². The Balaban J connectivity index is 2.63. The first-order valence-electron chi connectivity index (χ1n) is 4.16. The van der Waals surface area contributed by atoms with Gasteiger partial charge in [-0.15, -0.1) is 5.10 Å². The van der Waals surface area contributed by atoms with Crippen LogP contribution in [0.1, 0.15) is 0 Å². The van der Waals surface area contributed by atoms with E-state index >= 15 is 0 Å². The highest BCUT2D eigenvalue weighted by molar-refractivity contribution is 5.81. The summed E-state index contributed by atoms with van der Waals surface area (Å²) in [5.41, 5.74) is 1.48. The second-order valence-electron chi connectivity index (χ2n) is 2.77. The Bertz CT molecular complexity index is 464. The van der Waals surface area contributed by atoms with Gasteiger partial charge in [-0.25, -0.2) is 4.68 Å². The highest BCUT2D eigenvalue weighted by Crippen LogP contribution is 2.22. The lowest BCUT2D eigenvalue weighted by Crippen LogP contribution is -2.00. The number of ether oxygens (including phenoxy) is 1. The van der Waals surface area contributed by atoms with Gasteiger partial charge in [0.1, 0.15) is 12.0 Å². The number of aldehydes is 1. The van der Waals surface area contributed by atoms with Crippen molar-refractivity contribution >= 4 is 17.3 Å². The first kappa shape index (κ1) is 8.68. The van der Waals surface area contributed by atoms with E-state index in [1.54, 1.807) is 7.11 Å².